The second-order valence-corrected chi connectivity index (χ2v) is 10.3. The molecule has 1 N–H and O–H groups in total. The van der Waals surface area contributed by atoms with E-state index in [1.165, 1.54) is 4.90 Å². The van der Waals surface area contributed by atoms with Crippen molar-refractivity contribution < 1.29 is 14.3 Å². The van der Waals surface area contributed by atoms with Crippen LogP contribution in [0.5, 0.6) is 5.75 Å². The summed E-state index contributed by atoms with van der Waals surface area (Å²) < 4.78 is 6.63. The highest BCUT2D eigenvalue weighted by Crippen LogP contribution is 2.30. The van der Waals surface area contributed by atoms with E-state index in [-0.39, 0.29) is 31.0 Å². The van der Waals surface area contributed by atoms with Crippen LogP contribution in [0, 0.1) is 0 Å². The van der Waals surface area contributed by atoms with Crippen molar-refractivity contribution in [3.8, 4) is 5.75 Å². The van der Waals surface area contributed by atoms with Crippen molar-refractivity contribution in [3.63, 3.8) is 0 Å². The van der Waals surface area contributed by atoms with Gasteiger partial charge in [0.1, 0.15) is 11.8 Å². The van der Waals surface area contributed by atoms with Gasteiger partial charge in [-0.15, -0.1) is 0 Å². The van der Waals surface area contributed by atoms with Gasteiger partial charge in [-0.05, 0) is 71.4 Å². The van der Waals surface area contributed by atoms with Crippen LogP contribution in [0.3, 0.4) is 0 Å². The summed E-state index contributed by atoms with van der Waals surface area (Å²) in [5, 5.41) is 3.86. The topological polar surface area (TPSA) is 58.6 Å². The molecule has 186 valence electrons. The molecule has 2 aromatic rings. The first-order valence-corrected chi connectivity index (χ1v) is 13.1. The third-order valence-corrected chi connectivity index (χ3v) is 7.08. The van der Waals surface area contributed by atoms with Crippen molar-refractivity contribution in [1.82, 2.24) is 10.2 Å². The lowest BCUT2D eigenvalue weighted by atomic mass is 10.0. The molecule has 0 saturated carbocycles. The lowest BCUT2D eigenvalue weighted by molar-refractivity contribution is -0.143. The summed E-state index contributed by atoms with van der Waals surface area (Å²) in [5.74, 6) is 0.389. The standard InChI is InChI=1S/C26H33BrCl2N2O3/c1-6-17(5)30-26(33)23(7-2)31(14-19-21(28)9-8-10-22(19)29)25(32)15-34-24-12-11-18(16(3)4)13-20(24)27/h8-13,16-17,23H,6-7,14-15H2,1-5H3,(H,30,33)/t17-,23+/m0/s1. The lowest BCUT2D eigenvalue weighted by Crippen LogP contribution is -2.51. The molecule has 0 fully saturated rings. The van der Waals surface area contributed by atoms with Crippen LogP contribution in [0.15, 0.2) is 40.9 Å². The third-order valence-electron chi connectivity index (χ3n) is 5.75. The predicted octanol–water partition coefficient (Wildman–Crippen LogP) is 6.98. The molecule has 0 aromatic heterocycles. The maximum absolute atomic E-state index is 13.4. The number of carbonyl (C=O) groups excluding carboxylic acids is 2. The van der Waals surface area contributed by atoms with Crippen LogP contribution in [-0.4, -0.2) is 35.4 Å². The highest BCUT2D eigenvalue weighted by molar-refractivity contribution is 9.10. The molecule has 0 bridgehead atoms. The number of nitrogens with one attached hydrogen (secondary N) is 1. The molecular weight excluding hydrogens is 539 g/mol. The smallest absolute Gasteiger partial charge is 0.261 e. The number of amides is 2. The lowest BCUT2D eigenvalue weighted by Gasteiger charge is -2.32. The van der Waals surface area contributed by atoms with Crippen molar-refractivity contribution in [2.75, 3.05) is 6.61 Å². The van der Waals surface area contributed by atoms with Crippen molar-refractivity contribution >= 4 is 50.9 Å². The third kappa shape index (κ3) is 7.62. The number of ether oxygens (including phenoxy) is 1. The molecule has 0 heterocycles. The average Bonchev–Trinajstić information content (AvgIpc) is 2.79. The monoisotopic (exact) mass is 570 g/mol. The Morgan fingerprint density at radius 2 is 1.71 bits per heavy atom. The van der Waals surface area contributed by atoms with Gasteiger partial charge in [-0.2, -0.15) is 0 Å². The Morgan fingerprint density at radius 1 is 1.06 bits per heavy atom. The summed E-state index contributed by atoms with van der Waals surface area (Å²) in [6.07, 6.45) is 1.22. The second kappa shape index (κ2) is 13.4. The van der Waals surface area contributed by atoms with Gasteiger partial charge in [-0.25, -0.2) is 0 Å². The number of benzene rings is 2. The van der Waals surface area contributed by atoms with E-state index >= 15 is 0 Å². The van der Waals surface area contributed by atoms with Crippen LogP contribution < -0.4 is 10.1 Å². The molecule has 8 heteroatoms. The zero-order valence-corrected chi connectivity index (χ0v) is 23.4. The number of hydrogen-bond acceptors (Lipinski definition) is 3. The van der Waals surface area contributed by atoms with Gasteiger partial charge in [0.25, 0.3) is 5.91 Å². The minimum Gasteiger partial charge on any atom is -0.483 e. The van der Waals surface area contributed by atoms with Gasteiger partial charge < -0.3 is 15.0 Å². The van der Waals surface area contributed by atoms with Crippen molar-refractivity contribution in [1.29, 1.82) is 0 Å². The summed E-state index contributed by atoms with van der Waals surface area (Å²) in [5.41, 5.74) is 1.75. The van der Waals surface area contributed by atoms with Crippen LogP contribution in [0.25, 0.3) is 0 Å². The summed E-state index contributed by atoms with van der Waals surface area (Å²) in [4.78, 5) is 28.0. The van der Waals surface area contributed by atoms with E-state index in [0.717, 1.165) is 16.5 Å². The Balaban J connectivity index is 2.30. The molecule has 2 aromatic carbocycles. The van der Waals surface area contributed by atoms with Crippen LogP contribution in [0.1, 0.15) is 64.5 Å². The highest BCUT2D eigenvalue weighted by Gasteiger charge is 2.30. The molecule has 0 unspecified atom stereocenters. The first-order chi connectivity index (χ1) is 16.1. The molecular formula is C26H33BrCl2N2O3. The molecule has 0 aliphatic rings. The second-order valence-electron chi connectivity index (χ2n) is 8.60. The normalized spacial score (nSPS) is 12.9. The van der Waals surface area contributed by atoms with Gasteiger partial charge in [0, 0.05) is 28.2 Å². The fourth-order valence-electron chi connectivity index (χ4n) is 3.43. The fraction of sp³-hybridized carbons (Fsp3) is 0.462. The Bertz CT molecular complexity index is 980. The molecule has 2 amide bonds. The number of halogens is 3. The SMILES string of the molecule is CC[C@H](C(=O)N[C@@H](C)CC)N(Cc1c(Cl)cccc1Cl)C(=O)COc1ccc(C(C)C)cc1Br. The van der Waals surface area contributed by atoms with Crippen molar-refractivity contribution in [3.05, 3.63) is 62.0 Å². The molecule has 0 saturated heterocycles. The molecule has 0 spiro atoms. The Morgan fingerprint density at radius 3 is 2.24 bits per heavy atom. The van der Waals surface area contributed by atoms with Crippen LogP contribution in [0.4, 0.5) is 0 Å². The van der Waals surface area contributed by atoms with E-state index in [9.17, 15) is 9.59 Å². The molecule has 2 rings (SSSR count). The van der Waals surface area contributed by atoms with Gasteiger partial charge in [0.05, 0.1) is 4.47 Å². The van der Waals surface area contributed by atoms with Gasteiger partial charge >= 0.3 is 0 Å². The van der Waals surface area contributed by atoms with Crippen LogP contribution in [0.2, 0.25) is 10.0 Å². The predicted molar refractivity (Wildman–Crippen MR) is 143 cm³/mol. The summed E-state index contributed by atoms with van der Waals surface area (Å²) in [7, 11) is 0. The van der Waals surface area contributed by atoms with E-state index < -0.39 is 6.04 Å². The maximum Gasteiger partial charge on any atom is 0.261 e. The Labute approximate surface area is 221 Å². The van der Waals surface area contributed by atoms with E-state index in [1.54, 1.807) is 18.2 Å². The molecule has 0 aliphatic carbocycles. The largest absolute Gasteiger partial charge is 0.483 e. The molecule has 0 radical (unpaired) electrons. The number of hydrogen-bond donors (Lipinski definition) is 1. The minimum absolute atomic E-state index is 0.00548. The molecule has 0 aliphatic heterocycles. The zero-order valence-electron chi connectivity index (χ0n) is 20.3. The number of rotatable bonds is 11. The molecule has 2 atom stereocenters. The maximum atomic E-state index is 13.4. The molecule has 34 heavy (non-hydrogen) atoms. The number of carbonyl (C=O) groups is 2. The van der Waals surface area contributed by atoms with Crippen LogP contribution in [-0.2, 0) is 16.1 Å². The van der Waals surface area contributed by atoms with E-state index in [1.807, 2.05) is 39.0 Å². The van der Waals surface area contributed by atoms with Gasteiger partial charge in [0.2, 0.25) is 5.91 Å². The van der Waals surface area contributed by atoms with Crippen LogP contribution >= 0.6 is 39.1 Å². The Kier molecular flexibility index (Phi) is 11.2. The van der Waals surface area contributed by atoms with E-state index in [2.05, 4.69) is 35.1 Å². The van der Waals surface area contributed by atoms with Crippen molar-refractivity contribution in [2.24, 2.45) is 0 Å². The summed E-state index contributed by atoms with van der Waals surface area (Å²) >= 11 is 16.3. The van der Waals surface area contributed by atoms with Gasteiger partial charge in [-0.3, -0.25) is 9.59 Å². The number of nitrogens with zero attached hydrogens (tertiary/aromatic N) is 1. The fourth-order valence-corrected chi connectivity index (χ4v) is 4.46. The first-order valence-electron chi connectivity index (χ1n) is 11.5. The Hall–Kier alpha value is -1.76. The quantitative estimate of drug-likeness (QED) is 0.316. The zero-order chi connectivity index (χ0) is 25.4. The molecule has 5 nitrogen and oxygen atoms in total. The summed E-state index contributed by atoms with van der Waals surface area (Å²) in [6, 6.07) is 10.3. The van der Waals surface area contributed by atoms with Crippen molar-refractivity contribution in [2.45, 2.75) is 72.0 Å². The van der Waals surface area contributed by atoms with E-state index in [4.69, 9.17) is 27.9 Å². The summed E-state index contributed by atoms with van der Waals surface area (Å²) in [6.45, 7) is 9.89. The highest BCUT2D eigenvalue weighted by atomic mass is 79.9. The average molecular weight is 572 g/mol. The first kappa shape index (κ1) is 28.5. The van der Waals surface area contributed by atoms with Gasteiger partial charge in [0.15, 0.2) is 6.61 Å². The van der Waals surface area contributed by atoms with Gasteiger partial charge in [-0.1, -0.05) is 63.0 Å². The van der Waals surface area contributed by atoms with E-state index in [0.29, 0.717) is 33.7 Å². The minimum atomic E-state index is -0.691.